The van der Waals surface area contributed by atoms with Gasteiger partial charge in [-0.05, 0) is 6.92 Å². The summed E-state index contributed by atoms with van der Waals surface area (Å²) in [6.07, 6.45) is 0. The van der Waals surface area contributed by atoms with Crippen LogP contribution in [-0.2, 0) is 4.79 Å². The molecule has 0 aromatic heterocycles. The van der Waals surface area contributed by atoms with Crippen molar-refractivity contribution in [3.63, 3.8) is 0 Å². The summed E-state index contributed by atoms with van der Waals surface area (Å²) in [6.45, 7) is 4.20. The highest BCUT2D eigenvalue weighted by Crippen LogP contribution is 2.16. The lowest BCUT2D eigenvalue weighted by Crippen LogP contribution is -2.41. The van der Waals surface area contributed by atoms with E-state index in [2.05, 4.69) is 10.6 Å². The van der Waals surface area contributed by atoms with Crippen LogP contribution in [0.2, 0.25) is 0 Å². The van der Waals surface area contributed by atoms with Crippen molar-refractivity contribution in [1.29, 1.82) is 0 Å². The number of carbonyl (C=O) groups is 2. The van der Waals surface area contributed by atoms with Crippen molar-refractivity contribution in [3.8, 4) is 0 Å². The Morgan fingerprint density at radius 2 is 2.00 bits per heavy atom. The van der Waals surface area contributed by atoms with Gasteiger partial charge in [0, 0.05) is 18.8 Å². The fraction of sp³-hybridized carbons (Fsp3) is 0.750. The largest absolute Gasteiger partial charge is 0.341 e. The summed E-state index contributed by atoms with van der Waals surface area (Å²) < 4.78 is 0. The summed E-state index contributed by atoms with van der Waals surface area (Å²) in [5.74, 6) is -0.297. The number of thioether (sulfide) groups is 1. The monoisotopic (exact) mass is 219 g/mol. The Kier molecular flexibility index (Phi) is 6.31. The predicted octanol–water partition coefficient (Wildman–Crippen LogP) is -0.0891. The minimum absolute atomic E-state index is 0.209. The summed E-state index contributed by atoms with van der Waals surface area (Å²) in [6, 6.07) is -0.483. The van der Waals surface area contributed by atoms with Gasteiger partial charge in [0.05, 0.1) is 5.25 Å². The Morgan fingerprint density at radius 3 is 2.43 bits per heavy atom. The van der Waals surface area contributed by atoms with Gasteiger partial charge in [0.15, 0.2) is 0 Å². The molecule has 0 bridgehead atoms. The molecule has 0 radical (unpaired) electrons. The van der Waals surface area contributed by atoms with E-state index in [1.54, 1.807) is 6.92 Å². The van der Waals surface area contributed by atoms with Crippen molar-refractivity contribution in [3.05, 3.63) is 0 Å². The SMILES string of the molecule is CNC(=O)NC(=O)C(C)SC(C)CN. The van der Waals surface area contributed by atoms with E-state index >= 15 is 0 Å². The highest BCUT2D eigenvalue weighted by molar-refractivity contribution is 8.01. The lowest BCUT2D eigenvalue weighted by atomic mass is 10.4. The first-order valence-electron chi connectivity index (χ1n) is 4.39. The topological polar surface area (TPSA) is 84.2 Å². The van der Waals surface area contributed by atoms with Crippen LogP contribution in [0.15, 0.2) is 0 Å². The number of urea groups is 1. The van der Waals surface area contributed by atoms with Gasteiger partial charge in [-0.15, -0.1) is 11.8 Å². The first kappa shape index (κ1) is 13.2. The molecule has 0 saturated carbocycles. The molecule has 0 spiro atoms. The number of amides is 3. The summed E-state index contributed by atoms with van der Waals surface area (Å²) in [4.78, 5) is 22.1. The van der Waals surface area contributed by atoms with Gasteiger partial charge in [0.25, 0.3) is 0 Å². The van der Waals surface area contributed by atoms with Crippen molar-refractivity contribution in [2.45, 2.75) is 24.3 Å². The molecule has 0 aliphatic carbocycles. The number of imide groups is 1. The van der Waals surface area contributed by atoms with E-state index in [9.17, 15) is 9.59 Å². The van der Waals surface area contributed by atoms with Crippen LogP contribution in [0.1, 0.15) is 13.8 Å². The Balaban J connectivity index is 3.93. The molecule has 4 N–H and O–H groups in total. The zero-order chi connectivity index (χ0) is 11.1. The fourth-order valence-corrected chi connectivity index (χ4v) is 1.73. The van der Waals surface area contributed by atoms with E-state index in [4.69, 9.17) is 5.73 Å². The van der Waals surface area contributed by atoms with E-state index in [0.717, 1.165) is 0 Å². The second-order valence-corrected chi connectivity index (χ2v) is 4.68. The van der Waals surface area contributed by atoms with Crippen molar-refractivity contribution >= 4 is 23.7 Å². The molecule has 0 aromatic rings. The lowest BCUT2D eigenvalue weighted by molar-refractivity contribution is -0.119. The third-order valence-electron chi connectivity index (χ3n) is 1.60. The fourth-order valence-electron chi connectivity index (χ4n) is 0.742. The lowest BCUT2D eigenvalue weighted by Gasteiger charge is -2.14. The van der Waals surface area contributed by atoms with Crippen molar-refractivity contribution in [2.24, 2.45) is 5.73 Å². The Morgan fingerprint density at radius 1 is 1.43 bits per heavy atom. The predicted molar refractivity (Wildman–Crippen MR) is 58.2 cm³/mol. The molecule has 6 heteroatoms. The van der Waals surface area contributed by atoms with Gasteiger partial charge in [-0.25, -0.2) is 4.79 Å². The van der Waals surface area contributed by atoms with E-state index in [1.807, 2.05) is 6.92 Å². The molecule has 14 heavy (non-hydrogen) atoms. The molecule has 0 aliphatic rings. The Hall–Kier alpha value is -0.750. The van der Waals surface area contributed by atoms with Crippen LogP contribution in [0.3, 0.4) is 0 Å². The van der Waals surface area contributed by atoms with Gasteiger partial charge < -0.3 is 11.1 Å². The quantitative estimate of drug-likeness (QED) is 0.617. The molecule has 0 aromatic carbocycles. The maximum Gasteiger partial charge on any atom is 0.321 e. The van der Waals surface area contributed by atoms with Crippen molar-refractivity contribution in [1.82, 2.24) is 10.6 Å². The highest BCUT2D eigenvalue weighted by atomic mass is 32.2. The molecule has 0 rings (SSSR count). The average Bonchev–Trinajstić information content (AvgIpc) is 2.17. The molecule has 3 amide bonds. The maximum absolute atomic E-state index is 11.3. The summed E-state index contributed by atoms with van der Waals surface area (Å²) in [7, 11) is 1.46. The van der Waals surface area contributed by atoms with Crippen LogP contribution >= 0.6 is 11.8 Å². The average molecular weight is 219 g/mol. The first-order chi connectivity index (χ1) is 6.51. The van der Waals surface area contributed by atoms with Gasteiger partial charge in [-0.3, -0.25) is 10.1 Å². The van der Waals surface area contributed by atoms with Crippen LogP contribution in [0.4, 0.5) is 4.79 Å². The molecule has 0 fully saturated rings. The molecule has 2 unspecified atom stereocenters. The normalized spacial score (nSPS) is 14.3. The minimum Gasteiger partial charge on any atom is -0.341 e. The van der Waals surface area contributed by atoms with Crippen LogP contribution in [0.25, 0.3) is 0 Å². The third kappa shape index (κ3) is 5.08. The highest BCUT2D eigenvalue weighted by Gasteiger charge is 2.17. The number of nitrogens with one attached hydrogen (secondary N) is 2. The Labute approximate surface area is 88.2 Å². The third-order valence-corrected chi connectivity index (χ3v) is 2.88. The first-order valence-corrected chi connectivity index (χ1v) is 5.33. The summed E-state index contributed by atoms with van der Waals surface area (Å²) >= 11 is 1.44. The number of nitrogens with two attached hydrogens (primary N) is 1. The number of hydrogen-bond donors (Lipinski definition) is 3. The van der Waals surface area contributed by atoms with Crippen LogP contribution in [-0.4, -0.2) is 36.0 Å². The second kappa shape index (κ2) is 6.67. The molecule has 82 valence electrons. The Bertz CT molecular complexity index is 211. The molecule has 0 heterocycles. The minimum atomic E-state index is -0.483. The molecular weight excluding hydrogens is 202 g/mol. The van der Waals surface area contributed by atoms with Gasteiger partial charge >= 0.3 is 6.03 Å². The zero-order valence-electron chi connectivity index (χ0n) is 8.66. The van der Waals surface area contributed by atoms with E-state index in [1.165, 1.54) is 18.8 Å². The number of carbonyl (C=O) groups excluding carboxylic acids is 2. The number of rotatable bonds is 4. The molecule has 0 aliphatic heterocycles. The molecule has 5 nitrogen and oxygen atoms in total. The van der Waals surface area contributed by atoms with Gasteiger partial charge in [-0.2, -0.15) is 0 Å². The van der Waals surface area contributed by atoms with Crippen LogP contribution in [0, 0.1) is 0 Å². The number of hydrogen-bond acceptors (Lipinski definition) is 4. The van der Waals surface area contributed by atoms with Gasteiger partial charge in [-0.1, -0.05) is 6.92 Å². The van der Waals surface area contributed by atoms with Gasteiger partial charge in [0.2, 0.25) is 5.91 Å². The second-order valence-electron chi connectivity index (χ2n) is 2.89. The molecular formula is C8H17N3O2S. The maximum atomic E-state index is 11.3. The van der Waals surface area contributed by atoms with Crippen molar-refractivity contribution < 1.29 is 9.59 Å². The zero-order valence-corrected chi connectivity index (χ0v) is 9.48. The molecule has 0 saturated heterocycles. The molecule has 2 atom stereocenters. The van der Waals surface area contributed by atoms with E-state index in [-0.39, 0.29) is 16.4 Å². The van der Waals surface area contributed by atoms with Crippen molar-refractivity contribution in [2.75, 3.05) is 13.6 Å². The standard InChI is InChI=1S/C8H17N3O2S/c1-5(4-9)14-6(2)7(12)11-8(13)10-3/h5-6H,4,9H2,1-3H3,(H2,10,11,12,13). The van der Waals surface area contributed by atoms with E-state index in [0.29, 0.717) is 6.54 Å². The summed E-state index contributed by atoms with van der Waals surface area (Å²) in [5.41, 5.74) is 5.42. The van der Waals surface area contributed by atoms with Crippen LogP contribution in [0.5, 0.6) is 0 Å². The summed E-state index contributed by atoms with van der Waals surface area (Å²) in [5, 5.41) is 4.46. The van der Waals surface area contributed by atoms with Gasteiger partial charge in [0.1, 0.15) is 0 Å². The smallest absolute Gasteiger partial charge is 0.321 e. The van der Waals surface area contributed by atoms with Crippen LogP contribution < -0.4 is 16.4 Å². The van der Waals surface area contributed by atoms with E-state index < -0.39 is 6.03 Å².